The Balaban J connectivity index is 1.50. The van der Waals surface area contributed by atoms with Gasteiger partial charge < -0.3 is 14.2 Å². The Morgan fingerprint density at radius 3 is 2.84 bits per heavy atom. The van der Waals surface area contributed by atoms with Crippen LogP contribution in [0, 0.1) is 6.92 Å². The summed E-state index contributed by atoms with van der Waals surface area (Å²) in [7, 11) is 2.52. The number of piperazine rings is 1. The minimum Gasteiger partial charge on any atom is -0.368 e. The van der Waals surface area contributed by atoms with Gasteiger partial charge in [0.05, 0.1) is 22.2 Å². The lowest BCUT2D eigenvalue weighted by Gasteiger charge is -2.42. The maximum absolute atomic E-state index is 11.4. The molecule has 0 radical (unpaired) electrons. The maximum Gasteiger partial charge on any atom is 0.155 e. The molecule has 32 heavy (non-hydrogen) atoms. The Bertz CT molecular complexity index is 1090. The Kier molecular flexibility index (Phi) is 7.04. The molecular weight excluding hydrogens is 441 g/mol. The van der Waals surface area contributed by atoms with Gasteiger partial charge in [-0.15, -0.1) is 0 Å². The molecule has 0 N–H and O–H groups in total. The molecule has 0 aliphatic carbocycles. The summed E-state index contributed by atoms with van der Waals surface area (Å²) < 4.78 is 1.94. The van der Waals surface area contributed by atoms with Crippen molar-refractivity contribution in [2.45, 2.75) is 32.6 Å². The molecule has 2 aliphatic heterocycles. The van der Waals surface area contributed by atoms with E-state index in [1.165, 1.54) is 5.70 Å². The van der Waals surface area contributed by atoms with Crippen LogP contribution in [-0.2, 0) is 4.79 Å². The van der Waals surface area contributed by atoms with Crippen molar-refractivity contribution in [3.05, 3.63) is 64.9 Å². The summed E-state index contributed by atoms with van der Waals surface area (Å²) in [5, 5.41) is 1.57. The number of aryl methyl sites for hydroxylation is 1. The molecule has 0 aromatic carbocycles. The van der Waals surface area contributed by atoms with Crippen molar-refractivity contribution in [2.75, 3.05) is 33.2 Å². The molecule has 2 aromatic rings. The molecule has 8 heteroatoms. The number of likely N-dealkylation sites (N-methyl/N-ethyl adjacent to an activating group) is 2. The fourth-order valence-corrected chi connectivity index (χ4v) is 5.99. The summed E-state index contributed by atoms with van der Waals surface area (Å²) in [6.07, 6.45) is 13.2. The summed E-state index contributed by atoms with van der Waals surface area (Å²) in [6, 6.07) is 2.47. The van der Waals surface area contributed by atoms with Gasteiger partial charge in [0.15, 0.2) is 5.65 Å². The summed E-state index contributed by atoms with van der Waals surface area (Å²) in [5.74, 6) is 0.193. The van der Waals surface area contributed by atoms with Gasteiger partial charge in [0.25, 0.3) is 0 Å². The van der Waals surface area contributed by atoms with Gasteiger partial charge in [-0.2, -0.15) is 0 Å². The monoisotopic (exact) mass is 471 g/mol. The molecule has 3 atom stereocenters. The number of allylic oxidation sites excluding steroid dienone is 2. The normalized spacial score (nSPS) is 22.9. The first-order chi connectivity index (χ1) is 15.4. The molecule has 0 bridgehead atoms. The second-order valence-corrected chi connectivity index (χ2v) is 10.3. The average Bonchev–Trinajstić information content (AvgIpc) is 3.15. The number of pyridine rings is 1. The van der Waals surface area contributed by atoms with Crippen LogP contribution in [0.3, 0.4) is 0 Å². The molecule has 2 aliphatic rings. The highest BCUT2D eigenvalue weighted by Gasteiger charge is 2.25. The lowest BCUT2D eigenvalue weighted by molar-refractivity contribution is -0.104. The number of carbonyl (C=O) groups is 1. The van der Waals surface area contributed by atoms with Crippen molar-refractivity contribution >= 4 is 37.4 Å². The zero-order valence-corrected chi connectivity index (χ0v) is 20.9. The number of nitrogens with zero attached hydrogens (tertiary/aromatic N) is 5. The summed E-state index contributed by atoms with van der Waals surface area (Å²) >= 11 is 6.49. The van der Waals surface area contributed by atoms with Gasteiger partial charge in [0.1, 0.15) is 6.29 Å². The van der Waals surface area contributed by atoms with E-state index in [2.05, 4.69) is 58.9 Å². The van der Waals surface area contributed by atoms with Crippen LogP contribution in [0.4, 0.5) is 0 Å². The van der Waals surface area contributed by atoms with Gasteiger partial charge in [0.2, 0.25) is 0 Å². The fraction of sp³-hybridized carbons (Fsp3) is 0.417. The fourth-order valence-electron chi connectivity index (χ4n) is 4.48. The van der Waals surface area contributed by atoms with E-state index in [-0.39, 0.29) is 5.78 Å². The van der Waals surface area contributed by atoms with Gasteiger partial charge in [-0.25, -0.2) is 4.98 Å². The van der Waals surface area contributed by atoms with Crippen LogP contribution in [0.15, 0.2) is 48.6 Å². The molecule has 4 rings (SSSR count). The van der Waals surface area contributed by atoms with Crippen LogP contribution in [0.1, 0.15) is 25.1 Å². The molecule has 1 saturated heterocycles. The number of rotatable bonds is 6. The van der Waals surface area contributed by atoms with Crippen molar-refractivity contribution in [1.82, 2.24) is 24.1 Å². The summed E-state index contributed by atoms with van der Waals surface area (Å²) in [4.78, 5) is 23.1. The highest BCUT2D eigenvalue weighted by Crippen LogP contribution is 2.41. The minimum absolute atomic E-state index is 0.193. The number of halogens is 1. The third-order valence-electron chi connectivity index (χ3n) is 6.24. The van der Waals surface area contributed by atoms with Gasteiger partial charge >= 0.3 is 0 Å². The molecule has 0 saturated carbocycles. The highest BCUT2D eigenvalue weighted by molar-refractivity contribution is 7.51. The highest BCUT2D eigenvalue weighted by atomic mass is 35.5. The van der Waals surface area contributed by atoms with Crippen molar-refractivity contribution in [3.8, 4) is 0 Å². The lowest BCUT2D eigenvalue weighted by Crippen LogP contribution is -2.51. The number of hydrogen-bond donors (Lipinski definition) is 0. The van der Waals surface area contributed by atoms with Crippen LogP contribution >= 0.6 is 20.2 Å². The molecule has 4 heterocycles. The number of hydrogen-bond acceptors (Lipinski definition) is 5. The van der Waals surface area contributed by atoms with Crippen LogP contribution in [0.25, 0.3) is 11.0 Å². The molecule has 1 fully saturated rings. The van der Waals surface area contributed by atoms with E-state index in [9.17, 15) is 4.79 Å². The minimum atomic E-state index is 0.193. The standard InChI is InChI=1S/C24H31ClN5OP/c1-5-28-9-10-29(14-18(28)3)20-6-7-23(27(4)16-20)32-22(8-11-31)19-12-21(25)24-26-17(2)13-30(24)15-19/h6-8,11-13,15-16,18,23,32H,5,9-10,14H2,1-4H3/b22-8-/t18-,23?/m1/s1. The number of aldehydes is 1. The Hall–Kier alpha value is -2.14. The van der Waals surface area contributed by atoms with Crippen molar-refractivity contribution in [2.24, 2.45) is 0 Å². The van der Waals surface area contributed by atoms with Crippen LogP contribution < -0.4 is 0 Å². The van der Waals surface area contributed by atoms with E-state index in [1.807, 2.05) is 29.8 Å². The SMILES string of the molecule is CCN1CCN(C2=CN(C)C(P/C(=C\C=O)c3cc(Cl)c4nc(C)cn4c3)C=C2)C[C@H]1C. The van der Waals surface area contributed by atoms with Crippen molar-refractivity contribution < 1.29 is 4.79 Å². The van der Waals surface area contributed by atoms with Crippen LogP contribution in [-0.4, -0.2) is 75.4 Å². The molecule has 2 aromatic heterocycles. The second-order valence-electron chi connectivity index (χ2n) is 8.50. The van der Waals surface area contributed by atoms with Gasteiger partial charge in [0, 0.05) is 56.9 Å². The van der Waals surface area contributed by atoms with Crippen molar-refractivity contribution in [1.29, 1.82) is 0 Å². The Labute approximate surface area is 197 Å². The van der Waals surface area contributed by atoms with E-state index < -0.39 is 0 Å². The first kappa shape index (κ1) is 23.0. The molecule has 2 unspecified atom stereocenters. The van der Waals surface area contributed by atoms with Crippen LogP contribution in [0.2, 0.25) is 5.02 Å². The Morgan fingerprint density at radius 2 is 2.16 bits per heavy atom. The molecule has 0 spiro atoms. The van der Waals surface area contributed by atoms with Gasteiger partial charge in [-0.3, -0.25) is 9.69 Å². The quantitative estimate of drug-likeness (QED) is 0.359. The first-order valence-corrected chi connectivity index (χ1v) is 12.5. The zero-order valence-electron chi connectivity index (χ0n) is 19.1. The van der Waals surface area contributed by atoms with E-state index in [1.54, 1.807) is 6.08 Å². The van der Waals surface area contributed by atoms with E-state index >= 15 is 0 Å². The smallest absolute Gasteiger partial charge is 0.155 e. The molecule has 170 valence electrons. The van der Waals surface area contributed by atoms with Crippen molar-refractivity contribution in [3.63, 3.8) is 0 Å². The van der Waals surface area contributed by atoms with E-state index in [0.29, 0.717) is 19.6 Å². The third kappa shape index (κ3) is 4.78. The number of imidazole rings is 1. The average molecular weight is 472 g/mol. The number of carbonyl (C=O) groups excluding carboxylic acids is 1. The van der Waals surface area contributed by atoms with Gasteiger partial charge in [-0.1, -0.05) is 33.2 Å². The van der Waals surface area contributed by atoms with E-state index in [4.69, 9.17) is 11.6 Å². The van der Waals surface area contributed by atoms with Crippen LogP contribution in [0.5, 0.6) is 0 Å². The Morgan fingerprint density at radius 1 is 1.34 bits per heavy atom. The molecule has 6 nitrogen and oxygen atoms in total. The molecule has 0 amide bonds. The largest absolute Gasteiger partial charge is 0.368 e. The topological polar surface area (TPSA) is 44.1 Å². The summed E-state index contributed by atoms with van der Waals surface area (Å²) in [6.45, 7) is 10.8. The summed E-state index contributed by atoms with van der Waals surface area (Å²) in [5.41, 5.74) is 3.86. The van der Waals surface area contributed by atoms with Gasteiger partial charge in [-0.05, 0) is 43.9 Å². The maximum atomic E-state index is 11.4. The second kappa shape index (κ2) is 9.78. The first-order valence-electron chi connectivity index (χ1n) is 11.1. The lowest BCUT2D eigenvalue weighted by atomic mass is 10.1. The predicted molar refractivity (Wildman–Crippen MR) is 134 cm³/mol. The molecular formula is C24H31ClN5OP. The zero-order chi connectivity index (χ0) is 22.8. The third-order valence-corrected chi connectivity index (χ3v) is 8.18. The predicted octanol–water partition coefficient (Wildman–Crippen LogP) is 4.21. The van der Waals surface area contributed by atoms with E-state index in [0.717, 1.165) is 54.7 Å². The number of aromatic nitrogens is 2. The number of fused-ring (bicyclic) bond motifs is 1.